The fourth-order valence-electron chi connectivity index (χ4n) is 2.88. The number of nitrogen functional groups attached to an aromatic ring is 1. The van der Waals surface area contributed by atoms with Gasteiger partial charge in [0.2, 0.25) is 0 Å². The van der Waals surface area contributed by atoms with E-state index in [4.69, 9.17) is 5.73 Å². The molecule has 0 radical (unpaired) electrons. The molecular weight excluding hydrogens is 304 g/mol. The third kappa shape index (κ3) is 3.30. The van der Waals surface area contributed by atoms with Crippen molar-refractivity contribution < 1.29 is 4.79 Å². The predicted molar refractivity (Wildman–Crippen MR) is 82.1 cm³/mol. The molecule has 1 fully saturated rings. The van der Waals surface area contributed by atoms with E-state index in [1.54, 1.807) is 12.1 Å². The van der Waals surface area contributed by atoms with E-state index in [1.807, 2.05) is 6.07 Å². The van der Waals surface area contributed by atoms with E-state index < -0.39 is 0 Å². The predicted octanol–water partition coefficient (Wildman–Crippen LogP) is 3.73. The van der Waals surface area contributed by atoms with E-state index in [0.717, 1.165) is 17.4 Å². The molecule has 0 unspecified atom stereocenters. The molecule has 104 valence electrons. The van der Waals surface area contributed by atoms with Crippen LogP contribution in [0, 0.1) is 5.41 Å². The van der Waals surface area contributed by atoms with Gasteiger partial charge in [-0.3, -0.25) is 4.79 Å². The van der Waals surface area contributed by atoms with Crippen LogP contribution in [-0.2, 0) is 0 Å². The minimum Gasteiger partial charge on any atom is -0.398 e. The molecule has 0 saturated heterocycles. The summed E-state index contributed by atoms with van der Waals surface area (Å²) in [5, 5.41) is 3.06. The number of halogens is 1. The molecular formula is C15H21BrN2O. The summed E-state index contributed by atoms with van der Waals surface area (Å²) >= 11 is 3.35. The minimum absolute atomic E-state index is 0.0651. The first kappa shape index (κ1) is 14.4. The van der Waals surface area contributed by atoms with Gasteiger partial charge in [0.1, 0.15) is 0 Å². The number of nitrogens with two attached hydrogens (primary N) is 1. The van der Waals surface area contributed by atoms with E-state index in [1.165, 1.54) is 25.7 Å². The summed E-state index contributed by atoms with van der Waals surface area (Å²) in [6.45, 7) is 2.98. The van der Waals surface area contributed by atoms with Gasteiger partial charge in [-0.25, -0.2) is 0 Å². The number of amides is 1. The van der Waals surface area contributed by atoms with Crippen molar-refractivity contribution in [2.45, 2.75) is 39.0 Å². The molecule has 0 spiro atoms. The van der Waals surface area contributed by atoms with Crippen LogP contribution < -0.4 is 11.1 Å². The Morgan fingerprint density at radius 3 is 2.68 bits per heavy atom. The van der Waals surface area contributed by atoms with Crippen LogP contribution in [-0.4, -0.2) is 12.5 Å². The Labute approximate surface area is 123 Å². The third-order valence-electron chi connectivity index (χ3n) is 4.30. The van der Waals surface area contributed by atoms with Crippen LogP contribution in [0.4, 0.5) is 5.69 Å². The third-order valence-corrected chi connectivity index (χ3v) is 4.79. The summed E-state index contributed by atoms with van der Waals surface area (Å²) in [5.74, 6) is -0.0651. The maximum Gasteiger partial charge on any atom is 0.253 e. The molecule has 0 aliphatic heterocycles. The van der Waals surface area contributed by atoms with E-state index in [2.05, 4.69) is 28.2 Å². The fraction of sp³-hybridized carbons (Fsp3) is 0.533. The average Bonchev–Trinajstić information content (AvgIpc) is 2.85. The molecule has 19 heavy (non-hydrogen) atoms. The standard InChI is InChI=1S/C15H21BrN2O/c1-2-15(7-3-4-8-15)10-18-14(19)12-6-5-11(16)9-13(12)17/h5-6,9H,2-4,7-8,10,17H2,1H3,(H,18,19). The Hall–Kier alpha value is -1.03. The molecule has 1 aromatic rings. The molecule has 2 rings (SSSR count). The first-order valence-electron chi connectivity index (χ1n) is 6.89. The van der Waals surface area contributed by atoms with Gasteiger partial charge < -0.3 is 11.1 Å². The van der Waals surface area contributed by atoms with Gasteiger partial charge in [0.25, 0.3) is 5.91 Å². The van der Waals surface area contributed by atoms with Gasteiger partial charge in [-0.2, -0.15) is 0 Å². The monoisotopic (exact) mass is 324 g/mol. The Bertz CT molecular complexity index is 467. The number of anilines is 1. The summed E-state index contributed by atoms with van der Waals surface area (Å²) in [4.78, 5) is 12.2. The average molecular weight is 325 g/mol. The second kappa shape index (κ2) is 5.95. The van der Waals surface area contributed by atoms with Gasteiger partial charge in [-0.05, 0) is 42.9 Å². The molecule has 4 heteroatoms. The zero-order valence-corrected chi connectivity index (χ0v) is 12.9. The van der Waals surface area contributed by atoms with Crippen molar-refractivity contribution in [3.05, 3.63) is 28.2 Å². The topological polar surface area (TPSA) is 55.1 Å². The van der Waals surface area contributed by atoms with Gasteiger partial charge in [-0.15, -0.1) is 0 Å². The number of hydrogen-bond donors (Lipinski definition) is 2. The lowest BCUT2D eigenvalue weighted by Crippen LogP contribution is -2.35. The number of rotatable bonds is 4. The summed E-state index contributed by atoms with van der Waals surface area (Å²) in [5.41, 5.74) is 7.27. The summed E-state index contributed by atoms with van der Waals surface area (Å²) in [6.07, 6.45) is 6.14. The van der Waals surface area contributed by atoms with Gasteiger partial charge in [0, 0.05) is 16.7 Å². The normalized spacial score (nSPS) is 17.4. The lowest BCUT2D eigenvalue weighted by atomic mass is 9.83. The van der Waals surface area contributed by atoms with Crippen molar-refractivity contribution in [2.24, 2.45) is 5.41 Å². The molecule has 3 nitrogen and oxygen atoms in total. The van der Waals surface area contributed by atoms with Gasteiger partial charge in [0.15, 0.2) is 0 Å². The zero-order valence-electron chi connectivity index (χ0n) is 11.3. The Kier molecular flexibility index (Phi) is 4.50. The van der Waals surface area contributed by atoms with Crippen LogP contribution in [0.1, 0.15) is 49.4 Å². The van der Waals surface area contributed by atoms with E-state index >= 15 is 0 Å². The largest absolute Gasteiger partial charge is 0.398 e. The Morgan fingerprint density at radius 1 is 1.42 bits per heavy atom. The van der Waals surface area contributed by atoms with Gasteiger partial charge >= 0.3 is 0 Å². The Morgan fingerprint density at radius 2 is 2.11 bits per heavy atom. The molecule has 0 heterocycles. The quantitative estimate of drug-likeness (QED) is 0.829. The van der Waals surface area contributed by atoms with E-state index in [-0.39, 0.29) is 5.91 Å². The second-order valence-corrected chi connectivity index (χ2v) is 6.39. The molecule has 1 aliphatic carbocycles. The highest BCUT2D eigenvalue weighted by atomic mass is 79.9. The van der Waals surface area contributed by atoms with Gasteiger partial charge in [-0.1, -0.05) is 35.7 Å². The van der Waals surface area contributed by atoms with Crippen molar-refractivity contribution in [3.8, 4) is 0 Å². The van der Waals surface area contributed by atoms with Crippen molar-refractivity contribution in [2.75, 3.05) is 12.3 Å². The summed E-state index contributed by atoms with van der Waals surface area (Å²) < 4.78 is 0.891. The van der Waals surface area contributed by atoms with Crippen LogP contribution in [0.5, 0.6) is 0 Å². The van der Waals surface area contributed by atoms with Gasteiger partial charge in [0.05, 0.1) is 5.56 Å². The number of carbonyl (C=O) groups is 1. The van der Waals surface area contributed by atoms with Crippen LogP contribution >= 0.6 is 15.9 Å². The second-order valence-electron chi connectivity index (χ2n) is 5.47. The fourth-order valence-corrected chi connectivity index (χ4v) is 3.26. The molecule has 1 aliphatic rings. The maximum absolute atomic E-state index is 12.2. The lowest BCUT2D eigenvalue weighted by molar-refractivity contribution is 0.0929. The molecule has 0 aromatic heterocycles. The highest BCUT2D eigenvalue weighted by molar-refractivity contribution is 9.10. The van der Waals surface area contributed by atoms with Crippen molar-refractivity contribution in [1.82, 2.24) is 5.32 Å². The first-order chi connectivity index (χ1) is 9.06. The van der Waals surface area contributed by atoms with E-state index in [0.29, 0.717) is 16.7 Å². The zero-order chi connectivity index (χ0) is 13.9. The maximum atomic E-state index is 12.2. The number of nitrogens with one attached hydrogen (secondary N) is 1. The molecule has 1 saturated carbocycles. The Balaban J connectivity index is 2.01. The highest BCUT2D eigenvalue weighted by Gasteiger charge is 2.32. The number of hydrogen-bond acceptors (Lipinski definition) is 2. The van der Waals surface area contributed by atoms with Crippen LogP contribution in [0.15, 0.2) is 22.7 Å². The highest BCUT2D eigenvalue weighted by Crippen LogP contribution is 2.40. The first-order valence-corrected chi connectivity index (χ1v) is 7.69. The lowest BCUT2D eigenvalue weighted by Gasteiger charge is -2.27. The van der Waals surface area contributed by atoms with Crippen molar-refractivity contribution in [3.63, 3.8) is 0 Å². The number of carbonyl (C=O) groups excluding carboxylic acids is 1. The molecule has 0 atom stereocenters. The van der Waals surface area contributed by atoms with Crippen molar-refractivity contribution >= 4 is 27.5 Å². The van der Waals surface area contributed by atoms with Crippen LogP contribution in [0.25, 0.3) is 0 Å². The van der Waals surface area contributed by atoms with Crippen molar-refractivity contribution in [1.29, 1.82) is 0 Å². The van der Waals surface area contributed by atoms with E-state index in [9.17, 15) is 4.79 Å². The summed E-state index contributed by atoms with van der Waals surface area (Å²) in [6, 6.07) is 5.37. The molecule has 1 amide bonds. The van der Waals surface area contributed by atoms with Crippen LogP contribution in [0.3, 0.4) is 0 Å². The minimum atomic E-state index is -0.0651. The molecule has 1 aromatic carbocycles. The summed E-state index contributed by atoms with van der Waals surface area (Å²) in [7, 11) is 0. The molecule has 3 N–H and O–H groups in total. The molecule has 0 bridgehead atoms. The smallest absolute Gasteiger partial charge is 0.253 e. The number of benzene rings is 1. The SMILES string of the molecule is CCC1(CNC(=O)c2ccc(Br)cc2N)CCCC1. The van der Waals surface area contributed by atoms with Crippen LogP contribution in [0.2, 0.25) is 0 Å².